The Morgan fingerprint density at radius 3 is 2.43 bits per heavy atom. The Morgan fingerprint density at radius 1 is 1.14 bits per heavy atom. The number of esters is 1. The molecule has 1 heterocycles. The van der Waals surface area contributed by atoms with Gasteiger partial charge in [0.15, 0.2) is 0 Å². The number of nitrogens with zero attached hydrogens (tertiary/aromatic N) is 1. The third kappa shape index (κ3) is 8.43. The second-order valence-corrected chi connectivity index (χ2v) is 8.19. The number of amides is 2. The zero-order valence-electron chi connectivity index (χ0n) is 20.5. The van der Waals surface area contributed by atoms with Gasteiger partial charge in [0.2, 0.25) is 11.8 Å². The molecule has 8 heteroatoms. The van der Waals surface area contributed by atoms with Crippen LogP contribution in [0.25, 0.3) is 0 Å². The number of anilines is 1. The van der Waals surface area contributed by atoms with Crippen molar-refractivity contribution in [1.82, 2.24) is 4.90 Å². The van der Waals surface area contributed by atoms with Gasteiger partial charge in [-0.05, 0) is 36.8 Å². The summed E-state index contributed by atoms with van der Waals surface area (Å²) in [6, 6.07) is 13.4. The van der Waals surface area contributed by atoms with E-state index in [1.165, 1.54) is 18.2 Å². The molecule has 7 nitrogen and oxygen atoms in total. The topological polar surface area (TPSA) is 84.9 Å². The molecule has 1 N–H and O–H groups in total. The lowest BCUT2D eigenvalue weighted by atomic mass is 9.98. The molecule has 0 spiro atoms. The highest BCUT2D eigenvalue weighted by atomic mass is 35.5. The second kappa shape index (κ2) is 14.1. The molecule has 1 saturated heterocycles. The third-order valence-corrected chi connectivity index (χ3v) is 4.98. The first kappa shape index (κ1) is 27.9. The Morgan fingerprint density at radius 2 is 1.80 bits per heavy atom. The Bertz CT molecular complexity index is 1070. The van der Waals surface area contributed by atoms with Crippen molar-refractivity contribution in [2.75, 3.05) is 25.1 Å². The molecule has 3 rings (SSSR count). The molecule has 35 heavy (non-hydrogen) atoms. The average molecular weight is 499 g/mol. The van der Waals surface area contributed by atoms with Gasteiger partial charge in [-0.15, -0.1) is 0 Å². The van der Waals surface area contributed by atoms with Crippen LogP contribution in [0.15, 0.2) is 48.5 Å². The molecule has 0 aromatic heterocycles. The summed E-state index contributed by atoms with van der Waals surface area (Å²) >= 11 is 6.01. The summed E-state index contributed by atoms with van der Waals surface area (Å²) in [6.07, 6.45) is 0.653. The third-order valence-electron chi connectivity index (χ3n) is 4.73. The van der Waals surface area contributed by atoms with Crippen molar-refractivity contribution in [2.45, 2.75) is 46.3 Å². The van der Waals surface area contributed by atoms with Crippen molar-refractivity contribution in [3.8, 4) is 11.8 Å². The molecule has 186 valence electrons. The molecule has 0 saturated carbocycles. The number of rotatable bonds is 5. The van der Waals surface area contributed by atoms with Crippen LogP contribution in [0.1, 0.15) is 51.3 Å². The van der Waals surface area contributed by atoms with Crippen molar-refractivity contribution >= 4 is 35.1 Å². The van der Waals surface area contributed by atoms with Crippen LogP contribution in [0, 0.1) is 11.8 Å². The first-order valence-corrected chi connectivity index (χ1v) is 11.9. The maximum absolute atomic E-state index is 12.6. The number of hydrogen-bond acceptors (Lipinski definition) is 5. The Hall–Kier alpha value is -3.34. The molecule has 0 aliphatic carbocycles. The van der Waals surface area contributed by atoms with Crippen LogP contribution in [-0.4, -0.2) is 48.5 Å². The number of carbonyl (C=O) groups excluding carboxylic acids is 3. The minimum atomic E-state index is -0.757. The molecule has 2 aromatic carbocycles. The van der Waals surface area contributed by atoms with Crippen molar-refractivity contribution in [3.05, 3.63) is 64.7 Å². The number of ether oxygens (including phenoxy) is 2. The standard InChI is InChI=1S/C24H23ClN2O5.C3H8/c1-3-31-23(30)14-27-21(13-10-17-6-4-5-7-20(17)26-16(2)28)24(32-15-22(27)29)18-8-11-19(25)12-9-18;1-3-2/h4-9,11-12,21,24H,3,14-15H2,1-2H3,(H,26,28);3H2,1-2H3. The molecular weight excluding hydrogens is 468 g/mol. The molecule has 1 aliphatic heterocycles. The SMILES string of the molecule is CCC.CCOC(=O)CN1C(=O)COC(c2ccc(Cl)cc2)C1C#Cc1ccccc1NC(C)=O. The van der Waals surface area contributed by atoms with Gasteiger partial charge in [-0.1, -0.05) is 68.0 Å². The Labute approximate surface area is 211 Å². The number of halogens is 1. The minimum Gasteiger partial charge on any atom is -0.465 e. The fourth-order valence-electron chi connectivity index (χ4n) is 3.31. The molecule has 2 atom stereocenters. The average Bonchev–Trinajstić information content (AvgIpc) is 2.81. The van der Waals surface area contributed by atoms with Crippen molar-refractivity contribution in [2.24, 2.45) is 0 Å². The summed E-state index contributed by atoms with van der Waals surface area (Å²) in [7, 11) is 0. The van der Waals surface area contributed by atoms with E-state index in [1.54, 1.807) is 55.5 Å². The van der Waals surface area contributed by atoms with Crippen molar-refractivity contribution < 1.29 is 23.9 Å². The summed E-state index contributed by atoms with van der Waals surface area (Å²) in [5.41, 5.74) is 1.90. The van der Waals surface area contributed by atoms with Crippen LogP contribution >= 0.6 is 11.6 Å². The predicted molar refractivity (Wildman–Crippen MR) is 136 cm³/mol. The summed E-state index contributed by atoms with van der Waals surface area (Å²) < 4.78 is 10.9. The Balaban J connectivity index is 0.00000137. The number of morpholine rings is 1. The second-order valence-electron chi connectivity index (χ2n) is 7.76. The summed E-state index contributed by atoms with van der Waals surface area (Å²) in [5, 5.41) is 3.30. The lowest BCUT2D eigenvalue weighted by molar-refractivity contribution is -0.162. The normalized spacial score (nSPS) is 16.8. The largest absolute Gasteiger partial charge is 0.465 e. The van der Waals surface area contributed by atoms with Crippen LogP contribution in [0.5, 0.6) is 0 Å². The maximum Gasteiger partial charge on any atom is 0.325 e. The zero-order valence-corrected chi connectivity index (χ0v) is 21.2. The minimum absolute atomic E-state index is 0.187. The van der Waals surface area contributed by atoms with E-state index in [0.717, 1.165) is 5.56 Å². The summed E-state index contributed by atoms with van der Waals surface area (Å²) in [6.45, 7) is 7.14. The number of hydrogen-bond donors (Lipinski definition) is 1. The van der Waals surface area contributed by atoms with Crippen LogP contribution in [-0.2, 0) is 23.9 Å². The van der Waals surface area contributed by atoms with Crippen molar-refractivity contribution in [3.63, 3.8) is 0 Å². The van der Waals surface area contributed by atoms with Gasteiger partial charge in [-0.25, -0.2) is 0 Å². The van der Waals surface area contributed by atoms with Gasteiger partial charge in [0.05, 0.1) is 12.3 Å². The predicted octanol–water partition coefficient (Wildman–Crippen LogP) is 4.60. The lowest BCUT2D eigenvalue weighted by Crippen LogP contribution is -2.52. The van der Waals surface area contributed by atoms with E-state index >= 15 is 0 Å². The first-order chi connectivity index (χ1) is 16.8. The van der Waals surface area contributed by atoms with E-state index in [4.69, 9.17) is 21.1 Å². The highest BCUT2D eigenvalue weighted by Crippen LogP contribution is 2.30. The van der Waals surface area contributed by atoms with E-state index < -0.39 is 18.1 Å². The van der Waals surface area contributed by atoms with Crippen LogP contribution in [0.4, 0.5) is 5.69 Å². The van der Waals surface area contributed by atoms with Crippen LogP contribution < -0.4 is 5.32 Å². The summed E-state index contributed by atoms with van der Waals surface area (Å²) in [4.78, 5) is 37.7. The number of nitrogens with one attached hydrogen (secondary N) is 1. The van der Waals surface area contributed by atoms with Gasteiger partial charge in [0.1, 0.15) is 25.3 Å². The van der Waals surface area contributed by atoms with E-state index in [2.05, 4.69) is 31.0 Å². The van der Waals surface area contributed by atoms with Gasteiger partial charge in [-0.2, -0.15) is 0 Å². The number of carbonyl (C=O) groups is 3. The molecule has 0 radical (unpaired) electrons. The first-order valence-electron chi connectivity index (χ1n) is 11.5. The van der Waals surface area contributed by atoms with Gasteiger partial charge in [0.25, 0.3) is 0 Å². The molecule has 2 amide bonds. The van der Waals surface area contributed by atoms with Gasteiger partial charge in [-0.3, -0.25) is 14.4 Å². The van der Waals surface area contributed by atoms with E-state index in [1.807, 2.05) is 0 Å². The van der Waals surface area contributed by atoms with Gasteiger partial charge in [0, 0.05) is 17.5 Å². The monoisotopic (exact) mass is 498 g/mol. The quantitative estimate of drug-likeness (QED) is 0.481. The lowest BCUT2D eigenvalue weighted by Gasteiger charge is -2.37. The van der Waals surface area contributed by atoms with E-state index in [9.17, 15) is 14.4 Å². The summed E-state index contributed by atoms with van der Waals surface area (Å²) in [5.74, 6) is 5.01. The molecule has 1 aliphatic rings. The molecule has 2 aromatic rings. The molecule has 2 unspecified atom stereocenters. The smallest absolute Gasteiger partial charge is 0.325 e. The Kier molecular flexibility index (Phi) is 11.3. The fraction of sp³-hybridized carbons (Fsp3) is 0.370. The van der Waals surface area contributed by atoms with Gasteiger partial charge >= 0.3 is 5.97 Å². The van der Waals surface area contributed by atoms with Crippen LogP contribution in [0.3, 0.4) is 0 Å². The number of benzene rings is 2. The number of para-hydroxylation sites is 1. The fourth-order valence-corrected chi connectivity index (χ4v) is 3.44. The van der Waals surface area contributed by atoms with Crippen molar-refractivity contribution in [1.29, 1.82) is 0 Å². The van der Waals surface area contributed by atoms with Gasteiger partial charge < -0.3 is 19.7 Å². The van der Waals surface area contributed by atoms with E-state index in [-0.39, 0.29) is 31.6 Å². The van der Waals surface area contributed by atoms with E-state index in [0.29, 0.717) is 16.3 Å². The van der Waals surface area contributed by atoms with Crippen LogP contribution in [0.2, 0.25) is 5.02 Å². The maximum atomic E-state index is 12.6. The molecular formula is C27H31ClN2O5. The molecule has 1 fully saturated rings. The zero-order chi connectivity index (χ0) is 25.8. The highest BCUT2D eigenvalue weighted by Gasteiger charge is 2.38. The molecule has 0 bridgehead atoms. The highest BCUT2D eigenvalue weighted by molar-refractivity contribution is 6.30.